The Morgan fingerprint density at radius 1 is 1.48 bits per heavy atom. The van der Waals surface area contributed by atoms with Crippen molar-refractivity contribution < 1.29 is 4.74 Å². The van der Waals surface area contributed by atoms with Crippen LogP contribution < -0.4 is 5.32 Å². The van der Waals surface area contributed by atoms with E-state index >= 15 is 0 Å². The lowest BCUT2D eigenvalue weighted by molar-refractivity contribution is 0.182. The Hall–Kier alpha value is -1.18. The highest BCUT2D eigenvalue weighted by Crippen LogP contribution is 2.27. The third kappa shape index (κ3) is 3.93. The Morgan fingerprint density at radius 2 is 2.29 bits per heavy atom. The van der Waals surface area contributed by atoms with Crippen LogP contribution in [0.25, 0.3) is 0 Å². The summed E-state index contributed by atoms with van der Waals surface area (Å²) in [5, 5.41) is 12.5. The molecule has 6 nitrogen and oxygen atoms in total. The van der Waals surface area contributed by atoms with Crippen LogP contribution in [0.3, 0.4) is 0 Å². The number of nitrogens with one attached hydrogen (secondary N) is 1. The first-order chi connectivity index (χ1) is 10.2. The van der Waals surface area contributed by atoms with Crippen molar-refractivity contribution in [2.24, 2.45) is 7.05 Å². The van der Waals surface area contributed by atoms with Gasteiger partial charge in [-0.1, -0.05) is 6.92 Å². The van der Waals surface area contributed by atoms with Crippen molar-refractivity contribution in [1.82, 2.24) is 24.9 Å². The molecule has 2 aromatic rings. The SMILES string of the molecule is CCCNC(c1ccn(C)n1)c1c(Br)cnn1CCOC. The highest BCUT2D eigenvalue weighted by atomic mass is 79.9. The molecular formula is C14H22BrN5O. The lowest BCUT2D eigenvalue weighted by Crippen LogP contribution is -2.27. The molecule has 0 saturated heterocycles. The van der Waals surface area contributed by atoms with Crippen LogP contribution in [-0.4, -0.2) is 39.8 Å². The summed E-state index contributed by atoms with van der Waals surface area (Å²) >= 11 is 3.61. The molecule has 0 amide bonds. The van der Waals surface area contributed by atoms with Gasteiger partial charge < -0.3 is 10.1 Å². The van der Waals surface area contributed by atoms with Gasteiger partial charge in [0.05, 0.1) is 41.3 Å². The normalized spacial score (nSPS) is 12.8. The van der Waals surface area contributed by atoms with E-state index in [9.17, 15) is 0 Å². The average molecular weight is 356 g/mol. The van der Waals surface area contributed by atoms with E-state index in [2.05, 4.69) is 38.4 Å². The fourth-order valence-electron chi connectivity index (χ4n) is 2.23. The largest absolute Gasteiger partial charge is 0.383 e. The van der Waals surface area contributed by atoms with Crippen LogP contribution in [0.4, 0.5) is 0 Å². The second-order valence-electron chi connectivity index (χ2n) is 4.90. The minimum Gasteiger partial charge on any atom is -0.383 e. The van der Waals surface area contributed by atoms with Gasteiger partial charge in [0, 0.05) is 20.4 Å². The van der Waals surface area contributed by atoms with Gasteiger partial charge in [0.2, 0.25) is 0 Å². The highest BCUT2D eigenvalue weighted by molar-refractivity contribution is 9.10. The molecule has 1 N–H and O–H groups in total. The van der Waals surface area contributed by atoms with Crippen LogP contribution >= 0.6 is 15.9 Å². The Morgan fingerprint density at radius 3 is 2.90 bits per heavy atom. The molecule has 21 heavy (non-hydrogen) atoms. The molecule has 0 saturated carbocycles. The zero-order valence-electron chi connectivity index (χ0n) is 12.7. The quantitative estimate of drug-likeness (QED) is 0.787. The van der Waals surface area contributed by atoms with Crippen LogP contribution in [0.2, 0.25) is 0 Å². The summed E-state index contributed by atoms with van der Waals surface area (Å²) in [6.07, 6.45) is 4.85. The van der Waals surface area contributed by atoms with Crippen molar-refractivity contribution in [3.63, 3.8) is 0 Å². The standard InChI is InChI=1S/C14H22BrN5O/c1-4-6-16-13(12-5-7-19(2)18-12)14-11(15)10-17-20(14)8-9-21-3/h5,7,10,13,16H,4,6,8-9H2,1-3H3. The van der Waals surface area contributed by atoms with Crippen LogP contribution in [0.1, 0.15) is 30.8 Å². The molecule has 116 valence electrons. The van der Waals surface area contributed by atoms with E-state index in [1.54, 1.807) is 7.11 Å². The van der Waals surface area contributed by atoms with Crippen LogP contribution in [0, 0.1) is 0 Å². The van der Waals surface area contributed by atoms with E-state index in [1.807, 2.05) is 34.9 Å². The van der Waals surface area contributed by atoms with Gasteiger partial charge in [-0.25, -0.2) is 0 Å². The number of hydrogen-bond acceptors (Lipinski definition) is 4. The molecule has 7 heteroatoms. The number of aromatic nitrogens is 4. The maximum atomic E-state index is 5.16. The second kappa shape index (κ2) is 7.72. The third-order valence-corrected chi connectivity index (χ3v) is 3.85. The number of rotatable bonds is 8. The van der Waals surface area contributed by atoms with Gasteiger partial charge in [0.15, 0.2) is 0 Å². The van der Waals surface area contributed by atoms with E-state index in [1.165, 1.54) is 0 Å². The van der Waals surface area contributed by atoms with E-state index in [0.29, 0.717) is 13.2 Å². The smallest absolute Gasteiger partial charge is 0.0952 e. The van der Waals surface area contributed by atoms with Crippen molar-refractivity contribution in [1.29, 1.82) is 0 Å². The van der Waals surface area contributed by atoms with E-state index in [4.69, 9.17) is 4.74 Å². The van der Waals surface area contributed by atoms with Crippen molar-refractivity contribution in [2.75, 3.05) is 20.3 Å². The first-order valence-electron chi connectivity index (χ1n) is 7.10. The van der Waals surface area contributed by atoms with Gasteiger partial charge in [0.1, 0.15) is 0 Å². The number of nitrogens with zero attached hydrogens (tertiary/aromatic N) is 4. The van der Waals surface area contributed by atoms with Crippen molar-refractivity contribution >= 4 is 15.9 Å². The first kappa shape index (κ1) is 16.2. The molecule has 0 fully saturated rings. The summed E-state index contributed by atoms with van der Waals surface area (Å²) in [4.78, 5) is 0. The maximum Gasteiger partial charge on any atom is 0.0952 e. The number of halogens is 1. The molecule has 0 spiro atoms. The monoisotopic (exact) mass is 355 g/mol. The predicted molar refractivity (Wildman–Crippen MR) is 85.1 cm³/mol. The average Bonchev–Trinajstić information content (AvgIpc) is 3.05. The molecule has 0 radical (unpaired) electrons. The predicted octanol–water partition coefficient (Wildman–Crippen LogP) is 2.11. The fraction of sp³-hybridized carbons (Fsp3) is 0.571. The molecule has 0 aromatic carbocycles. The van der Waals surface area contributed by atoms with E-state index in [0.717, 1.165) is 28.8 Å². The molecule has 0 aliphatic heterocycles. The van der Waals surface area contributed by atoms with Gasteiger partial charge in [-0.15, -0.1) is 0 Å². The Kier molecular flexibility index (Phi) is 5.96. The second-order valence-corrected chi connectivity index (χ2v) is 5.75. The van der Waals surface area contributed by atoms with Crippen LogP contribution in [0.15, 0.2) is 22.9 Å². The molecule has 2 aromatic heterocycles. The van der Waals surface area contributed by atoms with Gasteiger partial charge in [-0.2, -0.15) is 10.2 Å². The van der Waals surface area contributed by atoms with Crippen molar-refractivity contribution in [3.05, 3.63) is 34.3 Å². The van der Waals surface area contributed by atoms with Crippen molar-refractivity contribution in [3.8, 4) is 0 Å². The molecule has 2 heterocycles. The molecule has 1 atom stereocenters. The van der Waals surface area contributed by atoms with Crippen LogP contribution in [-0.2, 0) is 18.3 Å². The first-order valence-corrected chi connectivity index (χ1v) is 7.89. The van der Waals surface area contributed by atoms with Gasteiger partial charge in [-0.3, -0.25) is 9.36 Å². The lowest BCUT2D eigenvalue weighted by atomic mass is 10.1. The zero-order chi connectivity index (χ0) is 15.2. The zero-order valence-corrected chi connectivity index (χ0v) is 14.3. The van der Waals surface area contributed by atoms with Crippen molar-refractivity contribution in [2.45, 2.75) is 25.9 Å². The molecule has 0 bridgehead atoms. The Labute approximate surface area is 133 Å². The summed E-state index contributed by atoms with van der Waals surface area (Å²) in [5.41, 5.74) is 2.07. The third-order valence-electron chi connectivity index (χ3n) is 3.24. The molecule has 2 rings (SSSR count). The molecule has 0 aliphatic carbocycles. The molecular weight excluding hydrogens is 334 g/mol. The number of hydrogen-bond donors (Lipinski definition) is 1. The fourth-order valence-corrected chi connectivity index (χ4v) is 2.76. The van der Waals surface area contributed by atoms with Gasteiger partial charge >= 0.3 is 0 Å². The molecule has 0 aliphatic rings. The summed E-state index contributed by atoms with van der Waals surface area (Å²) < 4.78 is 9.94. The van der Waals surface area contributed by atoms with E-state index in [-0.39, 0.29) is 6.04 Å². The summed E-state index contributed by atoms with van der Waals surface area (Å²) in [5.74, 6) is 0. The Bertz CT molecular complexity index is 565. The number of aryl methyl sites for hydroxylation is 1. The lowest BCUT2D eigenvalue weighted by Gasteiger charge is -2.19. The van der Waals surface area contributed by atoms with E-state index < -0.39 is 0 Å². The summed E-state index contributed by atoms with van der Waals surface area (Å²) in [7, 11) is 3.63. The van der Waals surface area contributed by atoms with Gasteiger partial charge in [-0.05, 0) is 35.0 Å². The highest BCUT2D eigenvalue weighted by Gasteiger charge is 2.23. The summed E-state index contributed by atoms with van der Waals surface area (Å²) in [6, 6.07) is 2.05. The molecule has 1 unspecified atom stereocenters. The summed E-state index contributed by atoms with van der Waals surface area (Å²) in [6.45, 7) is 4.42. The van der Waals surface area contributed by atoms with Gasteiger partial charge in [0.25, 0.3) is 0 Å². The van der Waals surface area contributed by atoms with Crippen LogP contribution in [0.5, 0.6) is 0 Å². The number of methoxy groups -OCH3 is 1. The minimum atomic E-state index is 0.0138. The minimum absolute atomic E-state index is 0.0138. The number of ether oxygens (including phenoxy) is 1. The Balaban J connectivity index is 2.33. The maximum absolute atomic E-state index is 5.16. The topological polar surface area (TPSA) is 56.9 Å².